The van der Waals surface area contributed by atoms with Crippen LogP contribution in [-0.4, -0.2) is 29.0 Å². The first-order chi connectivity index (χ1) is 16.2. The van der Waals surface area contributed by atoms with Crippen LogP contribution in [0.4, 0.5) is 11.4 Å². The number of aryl methyl sites for hydroxylation is 1. The van der Waals surface area contributed by atoms with Crippen molar-refractivity contribution in [3.05, 3.63) is 99.0 Å². The molecule has 0 unspecified atom stereocenters. The van der Waals surface area contributed by atoms with Crippen LogP contribution >= 0.6 is 0 Å². The van der Waals surface area contributed by atoms with Crippen molar-refractivity contribution < 1.29 is 18.1 Å². The molecule has 1 amide bonds. The van der Waals surface area contributed by atoms with E-state index in [-0.39, 0.29) is 33.4 Å². The van der Waals surface area contributed by atoms with E-state index < -0.39 is 14.8 Å². The summed E-state index contributed by atoms with van der Waals surface area (Å²) in [5.41, 5.74) is 0.344. The number of hydrogen-bond donors (Lipinski definition) is 1. The monoisotopic (exact) mass is 478 g/mol. The summed E-state index contributed by atoms with van der Waals surface area (Å²) >= 11 is 0. The van der Waals surface area contributed by atoms with Gasteiger partial charge in [-0.1, -0.05) is 18.2 Å². The van der Waals surface area contributed by atoms with Gasteiger partial charge in [-0.2, -0.15) is 5.10 Å². The molecule has 11 heteroatoms. The van der Waals surface area contributed by atoms with Gasteiger partial charge in [-0.3, -0.25) is 19.7 Å². The maximum atomic E-state index is 12.8. The van der Waals surface area contributed by atoms with Gasteiger partial charge in [0.05, 0.1) is 32.2 Å². The summed E-state index contributed by atoms with van der Waals surface area (Å²) in [4.78, 5) is 34.9. The van der Waals surface area contributed by atoms with Gasteiger partial charge in [-0.05, 0) is 42.5 Å². The highest BCUT2D eigenvalue weighted by molar-refractivity contribution is 7.91. The van der Waals surface area contributed by atoms with Crippen molar-refractivity contribution in [2.45, 2.75) is 16.2 Å². The zero-order chi connectivity index (χ0) is 24.5. The summed E-state index contributed by atoms with van der Waals surface area (Å²) in [6.45, 7) is 0. The first-order valence-corrected chi connectivity index (χ1v) is 11.5. The lowest BCUT2D eigenvalue weighted by atomic mass is 10.1. The summed E-state index contributed by atoms with van der Waals surface area (Å²) in [5, 5.41) is 18.7. The summed E-state index contributed by atoms with van der Waals surface area (Å²) in [5.74, 6) is -0.387. The number of benzene rings is 3. The van der Waals surface area contributed by atoms with Crippen molar-refractivity contribution in [1.29, 1.82) is 0 Å². The normalized spacial score (nSPS) is 11.3. The highest BCUT2D eigenvalue weighted by Gasteiger charge is 2.19. The largest absolute Gasteiger partial charge is 0.326 e. The lowest BCUT2D eigenvalue weighted by Crippen LogP contribution is -2.24. The Balaban J connectivity index is 1.51. The van der Waals surface area contributed by atoms with Gasteiger partial charge in [0.2, 0.25) is 15.7 Å². The van der Waals surface area contributed by atoms with Gasteiger partial charge in [0.15, 0.2) is 0 Å². The van der Waals surface area contributed by atoms with Crippen LogP contribution in [0, 0.1) is 10.1 Å². The number of carbonyl (C=O) groups is 1. The molecule has 4 aromatic rings. The van der Waals surface area contributed by atoms with Crippen LogP contribution in [0.25, 0.3) is 10.8 Å². The highest BCUT2D eigenvalue weighted by Crippen LogP contribution is 2.24. The van der Waals surface area contributed by atoms with Gasteiger partial charge in [0.25, 0.3) is 11.2 Å². The molecule has 1 aromatic heterocycles. The second-order valence-corrected chi connectivity index (χ2v) is 9.37. The van der Waals surface area contributed by atoms with E-state index in [1.54, 1.807) is 24.3 Å². The number of nitrogens with zero attached hydrogens (tertiary/aromatic N) is 3. The minimum absolute atomic E-state index is 0.0231. The number of amides is 1. The summed E-state index contributed by atoms with van der Waals surface area (Å²) in [7, 11) is -2.37. The smallest absolute Gasteiger partial charge is 0.274 e. The molecule has 0 spiro atoms. The number of anilines is 1. The van der Waals surface area contributed by atoms with Crippen molar-refractivity contribution in [2.75, 3.05) is 5.32 Å². The fourth-order valence-corrected chi connectivity index (χ4v) is 4.73. The van der Waals surface area contributed by atoms with Crippen LogP contribution in [0.15, 0.2) is 87.4 Å². The first kappa shape index (κ1) is 22.8. The summed E-state index contributed by atoms with van der Waals surface area (Å²) in [6, 6.07) is 17.1. The molecule has 1 N–H and O–H groups in total. The average molecular weight is 478 g/mol. The van der Waals surface area contributed by atoms with Gasteiger partial charge in [-0.15, -0.1) is 0 Å². The molecule has 0 aliphatic heterocycles. The maximum absolute atomic E-state index is 12.8. The van der Waals surface area contributed by atoms with E-state index in [0.29, 0.717) is 22.2 Å². The standard InChI is InChI=1S/C23H18N4O6S/c1-26-23(29)20-5-3-2-4-19(20)21(25-26)14-22(28)24-15-6-10-17(11-7-15)34(32,33)18-12-8-16(9-13-18)27(30)31/h2-13H,14H2,1H3,(H,24,28). The molecular weight excluding hydrogens is 460 g/mol. The Hall–Kier alpha value is -4.38. The van der Waals surface area contributed by atoms with E-state index in [1.807, 2.05) is 0 Å². The molecule has 10 nitrogen and oxygen atoms in total. The maximum Gasteiger partial charge on any atom is 0.274 e. The second kappa shape index (κ2) is 8.87. The molecule has 0 fully saturated rings. The molecule has 172 valence electrons. The SMILES string of the molecule is Cn1nc(CC(=O)Nc2ccc(S(=O)(=O)c3ccc([N+](=O)[O-])cc3)cc2)c2ccccc2c1=O. The predicted octanol–water partition coefficient (Wildman–Crippen LogP) is 2.86. The van der Waals surface area contributed by atoms with Crippen molar-refractivity contribution >= 4 is 37.9 Å². The van der Waals surface area contributed by atoms with E-state index in [9.17, 15) is 28.1 Å². The third kappa shape index (κ3) is 4.41. The number of nitro groups is 1. The number of rotatable bonds is 6. The van der Waals surface area contributed by atoms with Crippen LogP contribution in [0.5, 0.6) is 0 Å². The Morgan fingerprint density at radius 3 is 2.12 bits per heavy atom. The minimum atomic E-state index is -3.89. The van der Waals surface area contributed by atoms with Crippen LogP contribution in [0.3, 0.4) is 0 Å². The van der Waals surface area contributed by atoms with Crippen molar-refractivity contribution in [1.82, 2.24) is 9.78 Å². The topological polar surface area (TPSA) is 141 Å². The predicted molar refractivity (Wildman–Crippen MR) is 124 cm³/mol. The molecule has 0 bridgehead atoms. The number of fused-ring (bicyclic) bond motifs is 1. The van der Waals surface area contributed by atoms with Crippen molar-refractivity contribution in [2.24, 2.45) is 7.05 Å². The molecule has 0 saturated carbocycles. The summed E-state index contributed by atoms with van der Waals surface area (Å²) in [6.07, 6.45) is -0.0858. The molecular formula is C23H18N4O6S. The Bertz CT molecular complexity index is 1580. The Morgan fingerprint density at radius 2 is 1.53 bits per heavy atom. The first-order valence-electron chi connectivity index (χ1n) is 10.0. The molecule has 34 heavy (non-hydrogen) atoms. The van der Waals surface area contributed by atoms with Gasteiger partial charge < -0.3 is 5.32 Å². The molecule has 0 saturated heterocycles. The third-order valence-corrected chi connectivity index (χ3v) is 6.95. The molecule has 1 heterocycles. The fraction of sp³-hybridized carbons (Fsp3) is 0.0870. The van der Waals surface area contributed by atoms with Crippen LogP contribution in [-0.2, 0) is 28.1 Å². The number of nitro benzene ring substituents is 1. The van der Waals surface area contributed by atoms with E-state index in [1.165, 1.54) is 48.1 Å². The second-order valence-electron chi connectivity index (χ2n) is 7.42. The van der Waals surface area contributed by atoms with Crippen LogP contribution in [0.1, 0.15) is 5.69 Å². The molecule has 0 atom stereocenters. The Morgan fingerprint density at radius 1 is 0.971 bits per heavy atom. The van der Waals surface area contributed by atoms with E-state index in [4.69, 9.17) is 0 Å². The third-order valence-electron chi connectivity index (χ3n) is 5.17. The van der Waals surface area contributed by atoms with Gasteiger partial charge in [0, 0.05) is 30.3 Å². The minimum Gasteiger partial charge on any atom is -0.326 e. The van der Waals surface area contributed by atoms with Gasteiger partial charge in [-0.25, -0.2) is 13.1 Å². The number of sulfone groups is 1. The quantitative estimate of drug-likeness (QED) is 0.332. The molecule has 4 rings (SSSR count). The lowest BCUT2D eigenvalue weighted by molar-refractivity contribution is -0.384. The van der Waals surface area contributed by atoms with Gasteiger partial charge in [0.1, 0.15) is 0 Å². The highest BCUT2D eigenvalue weighted by atomic mass is 32.2. The zero-order valence-electron chi connectivity index (χ0n) is 17.8. The van der Waals surface area contributed by atoms with E-state index in [2.05, 4.69) is 10.4 Å². The van der Waals surface area contributed by atoms with Crippen LogP contribution < -0.4 is 10.9 Å². The Kier molecular flexibility index (Phi) is 5.95. The number of nitrogens with one attached hydrogen (secondary N) is 1. The number of hydrogen-bond acceptors (Lipinski definition) is 7. The lowest BCUT2D eigenvalue weighted by Gasteiger charge is -2.10. The molecule has 3 aromatic carbocycles. The summed E-state index contributed by atoms with van der Waals surface area (Å²) < 4.78 is 26.7. The van der Waals surface area contributed by atoms with E-state index in [0.717, 1.165) is 12.1 Å². The van der Waals surface area contributed by atoms with Crippen molar-refractivity contribution in [3.63, 3.8) is 0 Å². The number of carbonyl (C=O) groups excluding carboxylic acids is 1. The molecule has 0 aliphatic carbocycles. The molecule has 0 aliphatic rings. The van der Waals surface area contributed by atoms with Crippen LogP contribution in [0.2, 0.25) is 0 Å². The molecule has 0 radical (unpaired) electrons. The van der Waals surface area contributed by atoms with Crippen molar-refractivity contribution in [3.8, 4) is 0 Å². The van der Waals surface area contributed by atoms with E-state index >= 15 is 0 Å². The zero-order valence-corrected chi connectivity index (χ0v) is 18.7. The number of aromatic nitrogens is 2. The average Bonchev–Trinajstić information content (AvgIpc) is 2.82. The Labute approximate surface area is 193 Å². The fourth-order valence-electron chi connectivity index (χ4n) is 3.46. The van der Waals surface area contributed by atoms with Gasteiger partial charge >= 0.3 is 0 Å². The number of non-ortho nitro benzene ring substituents is 1.